The Morgan fingerprint density at radius 3 is 2.56 bits per heavy atom. The molecule has 0 radical (unpaired) electrons. The van der Waals surface area contributed by atoms with Crippen molar-refractivity contribution in [3.63, 3.8) is 0 Å². The maximum Gasteiger partial charge on any atom is 0.321 e. The van der Waals surface area contributed by atoms with Crippen molar-refractivity contribution in [3.8, 4) is 0 Å². The van der Waals surface area contributed by atoms with Gasteiger partial charge >= 0.3 is 5.97 Å². The van der Waals surface area contributed by atoms with Gasteiger partial charge in [0.2, 0.25) is 0 Å². The molecular weight excluding hydrogens is 118 g/mol. The Labute approximate surface area is 53.2 Å². The van der Waals surface area contributed by atoms with Crippen molar-refractivity contribution in [1.29, 1.82) is 0 Å². The Hall–Kier alpha value is -0.830. The fourth-order valence-corrected chi connectivity index (χ4v) is 0.777. The summed E-state index contributed by atoms with van der Waals surface area (Å²) in [4.78, 5) is 10.2. The first-order valence-electron chi connectivity index (χ1n) is 2.79. The van der Waals surface area contributed by atoms with Crippen LogP contribution in [0, 0.1) is 5.92 Å². The molecule has 50 valence electrons. The third kappa shape index (κ3) is 1.10. The highest BCUT2D eigenvalue weighted by Crippen LogP contribution is 2.37. The molecule has 0 bridgehead atoms. The van der Waals surface area contributed by atoms with Crippen LogP contribution in [0.15, 0.2) is 12.2 Å². The SMILES string of the molecule is C=C1C[C@@H]1[C@H](N)C(=O)O. The molecule has 0 aliphatic heterocycles. The largest absolute Gasteiger partial charge is 0.480 e. The predicted molar refractivity (Wildman–Crippen MR) is 32.9 cm³/mol. The number of carbonyl (C=O) groups is 1. The highest BCUT2D eigenvalue weighted by molar-refractivity contribution is 5.75. The Bertz CT molecular complexity index is 164. The van der Waals surface area contributed by atoms with Crippen LogP contribution < -0.4 is 5.73 Å². The average molecular weight is 127 g/mol. The van der Waals surface area contributed by atoms with Gasteiger partial charge in [0.25, 0.3) is 0 Å². The first kappa shape index (κ1) is 6.29. The van der Waals surface area contributed by atoms with Gasteiger partial charge in [-0.15, -0.1) is 0 Å². The molecular formula is C6H9NO2. The number of aliphatic carboxylic acids is 1. The van der Waals surface area contributed by atoms with Gasteiger partial charge in [0.1, 0.15) is 6.04 Å². The van der Waals surface area contributed by atoms with Gasteiger partial charge in [-0.25, -0.2) is 0 Å². The molecule has 0 spiro atoms. The molecule has 1 rings (SSSR count). The smallest absolute Gasteiger partial charge is 0.321 e. The maximum atomic E-state index is 10.2. The van der Waals surface area contributed by atoms with E-state index in [4.69, 9.17) is 10.8 Å². The van der Waals surface area contributed by atoms with Crippen LogP contribution in [0.2, 0.25) is 0 Å². The van der Waals surface area contributed by atoms with Crippen molar-refractivity contribution >= 4 is 5.97 Å². The summed E-state index contributed by atoms with van der Waals surface area (Å²) in [5.74, 6) is -0.888. The Morgan fingerprint density at radius 1 is 2.00 bits per heavy atom. The molecule has 3 heteroatoms. The van der Waals surface area contributed by atoms with Gasteiger partial charge in [-0.2, -0.15) is 0 Å². The van der Waals surface area contributed by atoms with Gasteiger partial charge in [-0.1, -0.05) is 12.2 Å². The molecule has 3 N–H and O–H groups in total. The third-order valence-electron chi connectivity index (χ3n) is 1.56. The van der Waals surface area contributed by atoms with Crippen LogP contribution in [0.3, 0.4) is 0 Å². The van der Waals surface area contributed by atoms with E-state index in [-0.39, 0.29) is 5.92 Å². The number of rotatable bonds is 2. The van der Waals surface area contributed by atoms with E-state index in [2.05, 4.69) is 6.58 Å². The van der Waals surface area contributed by atoms with Gasteiger partial charge in [-0.05, 0) is 6.42 Å². The second-order valence-electron chi connectivity index (χ2n) is 2.33. The summed E-state index contributed by atoms with van der Waals surface area (Å²) in [7, 11) is 0. The molecule has 1 fully saturated rings. The monoisotopic (exact) mass is 127 g/mol. The minimum Gasteiger partial charge on any atom is -0.480 e. The normalized spacial score (nSPS) is 27.7. The van der Waals surface area contributed by atoms with Crippen molar-refractivity contribution in [2.75, 3.05) is 0 Å². The highest BCUT2D eigenvalue weighted by atomic mass is 16.4. The lowest BCUT2D eigenvalue weighted by molar-refractivity contribution is -0.138. The van der Waals surface area contributed by atoms with E-state index in [1.54, 1.807) is 0 Å². The summed E-state index contributed by atoms with van der Waals surface area (Å²) in [5, 5.41) is 8.34. The van der Waals surface area contributed by atoms with Crippen molar-refractivity contribution in [2.45, 2.75) is 12.5 Å². The first-order valence-corrected chi connectivity index (χ1v) is 2.79. The van der Waals surface area contributed by atoms with E-state index in [0.717, 1.165) is 12.0 Å². The van der Waals surface area contributed by atoms with Crippen molar-refractivity contribution in [2.24, 2.45) is 11.7 Å². The number of hydrogen-bond donors (Lipinski definition) is 2. The van der Waals surface area contributed by atoms with Crippen LogP contribution in [0.25, 0.3) is 0 Å². The van der Waals surface area contributed by atoms with Crippen molar-refractivity contribution < 1.29 is 9.90 Å². The number of nitrogens with two attached hydrogens (primary N) is 1. The van der Waals surface area contributed by atoms with Gasteiger partial charge in [0, 0.05) is 5.92 Å². The molecule has 1 aliphatic carbocycles. The zero-order valence-corrected chi connectivity index (χ0v) is 5.00. The summed E-state index contributed by atoms with van der Waals surface area (Å²) in [6.45, 7) is 3.61. The minimum absolute atomic E-state index is 0.0440. The van der Waals surface area contributed by atoms with Crippen LogP contribution in [0.1, 0.15) is 6.42 Å². The second-order valence-corrected chi connectivity index (χ2v) is 2.33. The Kier molecular flexibility index (Phi) is 1.29. The summed E-state index contributed by atoms with van der Waals surface area (Å²) in [5.41, 5.74) is 6.21. The fourth-order valence-electron chi connectivity index (χ4n) is 0.777. The third-order valence-corrected chi connectivity index (χ3v) is 1.56. The molecule has 0 amide bonds. The molecule has 0 aromatic rings. The molecule has 1 saturated carbocycles. The maximum absolute atomic E-state index is 10.2. The van der Waals surface area contributed by atoms with Crippen LogP contribution in [-0.4, -0.2) is 17.1 Å². The number of carboxylic acid groups (broad SMARTS) is 1. The van der Waals surface area contributed by atoms with Gasteiger partial charge in [0.15, 0.2) is 0 Å². The quantitative estimate of drug-likeness (QED) is 0.512. The van der Waals surface area contributed by atoms with Crippen LogP contribution in [0.4, 0.5) is 0 Å². The lowest BCUT2D eigenvalue weighted by atomic mass is 10.2. The lowest BCUT2D eigenvalue weighted by Crippen LogP contribution is -2.32. The summed E-state index contributed by atoms with van der Waals surface area (Å²) in [6.07, 6.45) is 0.785. The molecule has 2 atom stereocenters. The molecule has 0 unspecified atom stereocenters. The molecule has 1 aliphatic rings. The lowest BCUT2D eigenvalue weighted by Gasteiger charge is -1.99. The molecule has 0 heterocycles. The average Bonchev–Trinajstić information content (AvgIpc) is 2.44. The number of carboxylic acids is 1. The van der Waals surface area contributed by atoms with Crippen LogP contribution in [0.5, 0.6) is 0 Å². The molecule has 9 heavy (non-hydrogen) atoms. The molecule has 3 nitrogen and oxygen atoms in total. The zero-order chi connectivity index (χ0) is 7.02. The fraction of sp³-hybridized carbons (Fsp3) is 0.500. The Morgan fingerprint density at radius 2 is 2.44 bits per heavy atom. The van der Waals surface area contributed by atoms with Crippen molar-refractivity contribution in [1.82, 2.24) is 0 Å². The predicted octanol–water partition coefficient (Wildman–Crippen LogP) is -0.0256. The van der Waals surface area contributed by atoms with Gasteiger partial charge in [-0.3, -0.25) is 4.79 Å². The van der Waals surface area contributed by atoms with Crippen LogP contribution >= 0.6 is 0 Å². The Balaban J connectivity index is 2.45. The van der Waals surface area contributed by atoms with E-state index in [9.17, 15) is 4.79 Å². The molecule has 0 aromatic heterocycles. The topological polar surface area (TPSA) is 63.3 Å². The van der Waals surface area contributed by atoms with E-state index in [0.29, 0.717) is 0 Å². The minimum atomic E-state index is -0.932. The first-order chi connectivity index (χ1) is 4.13. The number of hydrogen-bond acceptors (Lipinski definition) is 2. The highest BCUT2D eigenvalue weighted by Gasteiger charge is 2.37. The summed E-state index contributed by atoms with van der Waals surface area (Å²) in [6, 6.07) is -0.725. The van der Waals surface area contributed by atoms with E-state index in [1.165, 1.54) is 0 Å². The van der Waals surface area contributed by atoms with Gasteiger partial charge in [0.05, 0.1) is 0 Å². The van der Waals surface area contributed by atoms with E-state index >= 15 is 0 Å². The summed E-state index contributed by atoms with van der Waals surface area (Å²) >= 11 is 0. The standard InChI is InChI=1S/C6H9NO2/c1-3-2-4(3)5(7)6(8)9/h4-5H,1-2,7H2,(H,8,9)/t4-,5-/m0/s1. The zero-order valence-electron chi connectivity index (χ0n) is 5.00. The van der Waals surface area contributed by atoms with E-state index < -0.39 is 12.0 Å². The second kappa shape index (κ2) is 1.84. The molecule has 0 saturated heterocycles. The van der Waals surface area contributed by atoms with Crippen molar-refractivity contribution in [3.05, 3.63) is 12.2 Å². The van der Waals surface area contributed by atoms with Gasteiger partial charge < -0.3 is 10.8 Å². The van der Waals surface area contributed by atoms with Crippen LogP contribution in [-0.2, 0) is 4.79 Å². The van der Waals surface area contributed by atoms with E-state index in [1.807, 2.05) is 0 Å². The summed E-state index contributed by atoms with van der Waals surface area (Å²) < 4.78 is 0. The molecule has 0 aromatic carbocycles.